The number of benzene rings is 2. The van der Waals surface area contributed by atoms with Crippen LogP contribution in [0.25, 0.3) is 0 Å². The Balaban J connectivity index is 1.81. The number of hydrogen-bond donors (Lipinski definition) is 1. The van der Waals surface area contributed by atoms with Crippen molar-refractivity contribution in [1.82, 2.24) is 0 Å². The molecule has 4 heteroatoms. The van der Waals surface area contributed by atoms with Crippen LogP contribution in [0.4, 0.5) is 5.69 Å². The summed E-state index contributed by atoms with van der Waals surface area (Å²) in [6, 6.07) is 15.9. The van der Waals surface area contributed by atoms with Crippen molar-refractivity contribution in [1.29, 1.82) is 0 Å². The molecule has 1 saturated heterocycles. The van der Waals surface area contributed by atoms with Gasteiger partial charge < -0.3 is 14.8 Å². The standard InChI is InChI=1S/C23H29NO3/c1-4-18(3)27-21-11-10-20(16-17(21)2)24-22(25)23(12-14-26-15-13-23)19-8-6-5-7-9-19/h5-11,16,18H,4,12-15H2,1-3H3,(H,24,25)/t18-/m1/s1. The molecule has 1 aliphatic rings. The van der Waals surface area contributed by atoms with Gasteiger partial charge in [0.1, 0.15) is 5.75 Å². The van der Waals surface area contributed by atoms with E-state index in [9.17, 15) is 4.79 Å². The molecule has 0 unspecified atom stereocenters. The zero-order chi connectivity index (χ0) is 19.3. The van der Waals surface area contributed by atoms with Crippen molar-refractivity contribution in [2.24, 2.45) is 0 Å². The van der Waals surface area contributed by atoms with Gasteiger partial charge in [0.2, 0.25) is 5.91 Å². The second-order valence-electron chi connectivity index (χ2n) is 7.33. The van der Waals surface area contributed by atoms with Crippen LogP contribution in [-0.4, -0.2) is 25.2 Å². The molecule has 1 aliphatic heterocycles. The van der Waals surface area contributed by atoms with Gasteiger partial charge in [-0.05, 0) is 62.4 Å². The van der Waals surface area contributed by atoms with Gasteiger partial charge in [-0.1, -0.05) is 37.3 Å². The van der Waals surface area contributed by atoms with Crippen LogP contribution in [0, 0.1) is 6.92 Å². The molecule has 144 valence electrons. The molecule has 1 heterocycles. The van der Waals surface area contributed by atoms with E-state index in [1.807, 2.05) is 55.5 Å². The molecule has 0 bridgehead atoms. The molecular formula is C23H29NO3. The van der Waals surface area contributed by atoms with Gasteiger partial charge >= 0.3 is 0 Å². The Kier molecular flexibility index (Phi) is 6.17. The largest absolute Gasteiger partial charge is 0.490 e. The van der Waals surface area contributed by atoms with Gasteiger partial charge in [-0.2, -0.15) is 0 Å². The molecule has 2 aromatic carbocycles. The van der Waals surface area contributed by atoms with Gasteiger partial charge in [-0.15, -0.1) is 0 Å². The summed E-state index contributed by atoms with van der Waals surface area (Å²) >= 11 is 0. The third-order valence-corrected chi connectivity index (χ3v) is 5.44. The van der Waals surface area contributed by atoms with Gasteiger partial charge in [0.05, 0.1) is 11.5 Å². The normalized spacial score (nSPS) is 17.1. The van der Waals surface area contributed by atoms with E-state index in [2.05, 4.69) is 19.2 Å². The minimum Gasteiger partial charge on any atom is -0.490 e. The highest BCUT2D eigenvalue weighted by atomic mass is 16.5. The Morgan fingerprint density at radius 1 is 1.19 bits per heavy atom. The first-order valence-electron chi connectivity index (χ1n) is 9.77. The average molecular weight is 367 g/mol. The topological polar surface area (TPSA) is 47.6 Å². The van der Waals surface area contributed by atoms with E-state index in [4.69, 9.17) is 9.47 Å². The molecule has 0 aromatic heterocycles. The highest BCUT2D eigenvalue weighted by Crippen LogP contribution is 2.36. The summed E-state index contributed by atoms with van der Waals surface area (Å²) in [6.07, 6.45) is 2.51. The second kappa shape index (κ2) is 8.57. The number of rotatable bonds is 6. The maximum Gasteiger partial charge on any atom is 0.235 e. The van der Waals surface area contributed by atoms with E-state index < -0.39 is 5.41 Å². The number of hydrogen-bond acceptors (Lipinski definition) is 3. The third-order valence-electron chi connectivity index (χ3n) is 5.44. The van der Waals surface area contributed by atoms with E-state index in [0.29, 0.717) is 26.1 Å². The molecule has 0 spiro atoms. The Morgan fingerprint density at radius 2 is 1.89 bits per heavy atom. The maximum absolute atomic E-state index is 13.3. The number of amides is 1. The van der Waals surface area contributed by atoms with Crippen LogP contribution < -0.4 is 10.1 Å². The zero-order valence-electron chi connectivity index (χ0n) is 16.5. The van der Waals surface area contributed by atoms with E-state index in [-0.39, 0.29) is 12.0 Å². The predicted octanol–water partition coefficient (Wildman–Crippen LogP) is 4.86. The lowest BCUT2D eigenvalue weighted by atomic mass is 9.73. The van der Waals surface area contributed by atoms with Gasteiger partial charge in [-0.25, -0.2) is 0 Å². The van der Waals surface area contributed by atoms with Crippen molar-refractivity contribution in [3.8, 4) is 5.75 Å². The molecule has 2 aromatic rings. The molecule has 0 aliphatic carbocycles. The maximum atomic E-state index is 13.3. The molecule has 1 N–H and O–H groups in total. The van der Waals surface area contributed by atoms with Crippen LogP contribution in [0.15, 0.2) is 48.5 Å². The summed E-state index contributed by atoms with van der Waals surface area (Å²) < 4.78 is 11.5. The molecular weight excluding hydrogens is 338 g/mol. The monoisotopic (exact) mass is 367 g/mol. The molecule has 27 heavy (non-hydrogen) atoms. The average Bonchev–Trinajstić information content (AvgIpc) is 2.71. The molecule has 1 amide bonds. The molecule has 4 nitrogen and oxygen atoms in total. The van der Waals surface area contributed by atoms with Crippen LogP contribution >= 0.6 is 0 Å². The fourth-order valence-corrected chi connectivity index (χ4v) is 3.53. The number of aryl methyl sites for hydroxylation is 1. The van der Waals surface area contributed by atoms with E-state index in [1.165, 1.54) is 0 Å². The van der Waals surface area contributed by atoms with Gasteiger partial charge in [-0.3, -0.25) is 4.79 Å². The fourth-order valence-electron chi connectivity index (χ4n) is 3.53. The minimum atomic E-state index is -0.542. The highest BCUT2D eigenvalue weighted by Gasteiger charge is 2.41. The fraction of sp³-hybridized carbons (Fsp3) is 0.435. The van der Waals surface area contributed by atoms with Gasteiger partial charge in [0.25, 0.3) is 0 Å². The van der Waals surface area contributed by atoms with Crippen molar-refractivity contribution in [2.75, 3.05) is 18.5 Å². The lowest BCUT2D eigenvalue weighted by molar-refractivity contribution is -0.125. The van der Waals surface area contributed by atoms with Crippen LogP contribution in [0.3, 0.4) is 0 Å². The van der Waals surface area contributed by atoms with Crippen molar-refractivity contribution in [3.63, 3.8) is 0 Å². The Morgan fingerprint density at radius 3 is 2.52 bits per heavy atom. The van der Waals surface area contributed by atoms with E-state index in [0.717, 1.165) is 29.0 Å². The molecule has 0 radical (unpaired) electrons. The van der Waals surface area contributed by atoms with Crippen LogP contribution in [0.2, 0.25) is 0 Å². The first-order valence-corrected chi connectivity index (χ1v) is 9.77. The summed E-state index contributed by atoms with van der Waals surface area (Å²) in [5.74, 6) is 0.901. The molecule has 0 saturated carbocycles. The van der Waals surface area contributed by atoms with Crippen molar-refractivity contribution >= 4 is 11.6 Å². The lowest BCUT2D eigenvalue weighted by Gasteiger charge is -2.36. The van der Waals surface area contributed by atoms with Gasteiger partial charge in [0, 0.05) is 18.9 Å². The number of ether oxygens (including phenoxy) is 2. The quantitative estimate of drug-likeness (QED) is 0.793. The molecule has 3 rings (SSSR count). The highest BCUT2D eigenvalue weighted by molar-refractivity contribution is 5.99. The Hall–Kier alpha value is -2.33. The van der Waals surface area contributed by atoms with E-state index in [1.54, 1.807) is 0 Å². The van der Waals surface area contributed by atoms with Crippen LogP contribution in [0.5, 0.6) is 5.75 Å². The van der Waals surface area contributed by atoms with Crippen molar-refractivity contribution in [2.45, 2.75) is 51.6 Å². The van der Waals surface area contributed by atoms with Crippen LogP contribution in [0.1, 0.15) is 44.2 Å². The Labute approximate surface area is 161 Å². The smallest absolute Gasteiger partial charge is 0.235 e. The molecule has 1 atom stereocenters. The Bertz CT molecular complexity index is 766. The minimum absolute atomic E-state index is 0.0343. The summed E-state index contributed by atoms with van der Waals surface area (Å²) in [5.41, 5.74) is 2.34. The first kappa shape index (κ1) is 19.4. The zero-order valence-corrected chi connectivity index (χ0v) is 16.5. The summed E-state index contributed by atoms with van der Waals surface area (Å²) in [7, 11) is 0. The number of anilines is 1. The molecule has 1 fully saturated rings. The SMILES string of the molecule is CC[C@@H](C)Oc1ccc(NC(=O)C2(c3ccccc3)CCOCC2)cc1C. The van der Waals surface area contributed by atoms with E-state index >= 15 is 0 Å². The predicted molar refractivity (Wildman–Crippen MR) is 108 cm³/mol. The van der Waals surface area contributed by atoms with Gasteiger partial charge in [0.15, 0.2) is 0 Å². The summed E-state index contributed by atoms with van der Waals surface area (Å²) in [5, 5.41) is 3.14. The lowest BCUT2D eigenvalue weighted by Crippen LogP contribution is -2.44. The van der Waals surface area contributed by atoms with Crippen molar-refractivity contribution in [3.05, 3.63) is 59.7 Å². The number of nitrogens with one attached hydrogen (secondary N) is 1. The second-order valence-corrected chi connectivity index (χ2v) is 7.33. The summed E-state index contributed by atoms with van der Waals surface area (Å²) in [6.45, 7) is 7.37. The van der Waals surface area contributed by atoms with Crippen LogP contribution in [-0.2, 0) is 14.9 Å². The first-order chi connectivity index (χ1) is 13.0. The number of carbonyl (C=O) groups is 1. The summed E-state index contributed by atoms with van der Waals surface area (Å²) in [4.78, 5) is 13.3. The number of carbonyl (C=O) groups excluding carboxylic acids is 1. The van der Waals surface area contributed by atoms with Crippen molar-refractivity contribution < 1.29 is 14.3 Å². The third kappa shape index (κ3) is 4.33.